The van der Waals surface area contributed by atoms with Gasteiger partial charge in [-0.15, -0.1) is 0 Å². The number of hydrogen-bond acceptors (Lipinski definition) is 2. The molecular formula is C5H11O4P. The van der Waals surface area contributed by atoms with Crippen LogP contribution in [0, 0.1) is 0 Å². The Labute approximate surface area is 60.4 Å². The van der Waals surface area contributed by atoms with Gasteiger partial charge in [-0.2, -0.15) is 0 Å². The monoisotopic (exact) mass is 166 g/mol. The number of rotatable bonds is 3. The quantitative estimate of drug-likeness (QED) is 0.280. The Hall–Kier alpha value is -0.570. The molecule has 0 atom stereocenters. The molecule has 60 valence electrons. The van der Waals surface area contributed by atoms with Gasteiger partial charge in [0.25, 0.3) is 0 Å². The van der Waals surface area contributed by atoms with E-state index in [2.05, 4.69) is 17.9 Å². The van der Waals surface area contributed by atoms with Crippen molar-refractivity contribution in [3.05, 3.63) is 25.5 Å². The molecule has 0 fully saturated rings. The number of hydrogen-bond donors (Lipinski definition) is 2. The fourth-order valence-corrected chi connectivity index (χ4v) is 0.136. The Balaban J connectivity index is 0. The number of ether oxygens (including phenoxy) is 1. The van der Waals surface area contributed by atoms with Gasteiger partial charge in [-0.25, -0.2) is 0 Å². The van der Waals surface area contributed by atoms with Gasteiger partial charge in [-0.05, 0) is 0 Å². The Kier molecular flexibility index (Phi) is 13.7. The van der Waals surface area contributed by atoms with E-state index in [4.69, 9.17) is 14.4 Å². The van der Waals surface area contributed by atoms with Gasteiger partial charge in [0.1, 0.15) is 6.61 Å². The molecule has 2 N–H and O–H groups in total. The predicted octanol–water partition coefficient (Wildman–Crippen LogP) is 0.693. The fraction of sp³-hybridized carbons (Fsp3) is 0.200. The Morgan fingerprint density at radius 2 is 1.90 bits per heavy atom. The molecular weight excluding hydrogens is 155 g/mol. The average molecular weight is 166 g/mol. The first kappa shape index (κ1) is 12.1. The maximum absolute atomic E-state index is 8.74. The molecule has 10 heavy (non-hydrogen) atoms. The lowest BCUT2D eigenvalue weighted by molar-refractivity contribution is 0.291. The van der Waals surface area contributed by atoms with Crippen LogP contribution < -0.4 is 0 Å². The van der Waals surface area contributed by atoms with Crippen LogP contribution in [0.2, 0.25) is 0 Å². The third-order valence-electron chi connectivity index (χ3n) is 0.332. The summed E-state index contributed by atoms with van der Waals surface area (Å²) in [5.41, 5.74) is 0. The highest BCUT2D eigenvalue weighted by Gasteiger charge is 1.62. The van der Waals surface area contributed by atoms with E-state index in [1.165, 1.54) is 6.26 Å². The molecule has 0 heterocycles. The van der Waals surface area contributed by atoms with Gasteiger partial charge >= 0.3 is 8.25 Å². The second-order valence-corrected chi connectivity index (χ2v) is 1.64. The van der Waals surface area contributed by atoms with Crippen molar-refractivity contribution in [1.29, 1.82) is 0 Å². The molecule has 0 bridgehead atoms. The van der Waals surface area contributed by atoms with Crippen molar-refractivity contribution in [3.8, 4) is 0 Å². The molecule has 4 nitrogen and oxygen atoms in total. The van der Waals surface area contributed by atoms with E-state index >= 15 is 0 Å². The molecule has 0 saturated carbocycles. The molecule has 0 aliphatic heterocycles. The van der Waals surface area contributed by atoms with Crippen LogP contribution in [0.4, 0.5) is 0 Å². The minimum Gasteiger partial charge on any atom is -0.498 e. The zero-order valence-electron chi connectivity index (χ0n) is 5.49. The van der Waals surface area contributed by atoms with Crippen molar-refractivity contribution in [1.82, 2.24) is 0 Å². The maximum atomic E-state index is 8.74. The van der Waals surface area contributed by atoms with Crippen molar-refractivity contribution < 1.29 is 19.1 Å². The molecule has 0 aliphatic rings. The Bertz CT molecular complexity index is 100. The van der Waals surface area contributed by atoms with E-state index < -0.39 is 8.25 Å². The third-order valence-corrected chi connectivity index (χ3v) is 0.332. The molecule has 0 unspecified atom stereocenters. The summed E-state index contributed by atoms with van der Waals surface area (Å²) < 4.78 is 13.4. The van der Waals surface area contributed by atoms with E-state index in [0.717, 1.165) is 0 Å². The maximum Gasteiger partial charge on any atom is 0.314 e. The third kappa shape index (κ3) is 52.0. The second kappa shape index (κ2) is 11.3. The van der Waals surface area contributed by atoms with E-state index in [9.17, 15) is 0 Å². The summed E-state index contributed by atoms with van der Waals surface area (Å²) in [7, 11) is -3.13. The first-order chi connectivity index (χ1) is 4.65. The summed E-state index contributed by atoms with van der Waals surface area (Å²) in [6.45, 7) is 7.31. The average Bonchev–Trinajstić information content (AvgIpc) is 1.82. The van der Waals surface area contributed by atoms with Gasteiger partial charge in [-0.3, -0.25) is 4.57 Å². The minimum atomic E-state index is -3.13. The largest absolute Gasteiger partial charge is 0.498 e. The second-order valence-electron chi connectivity index (χ2n) is 1.07. The van der Waals surface area contributed by atoms with Crippen molar-refractivity contribution in [2.75, 3.05) is 6.61 Å². The van der Waals surface area contributed by atoms with Crippen molar-refractivity contribution in [3.63, 3.8) is 0 Å². The summed E-state index contributed by atoms with van der Waals surface area (Å²) in [5, 5.41) is 0. The van der Waals surface area contributed by atoms with Gasteiger partial charge in [0, 0.05) is 0 Å². The molecule has 0 rings (SSSR count). The van der Waals surface area contributed by atoms with Crippen LogP contribution in [0.25, 0.3) is 0 Å². The summed E-state index contributed by atoms with van der Waals surface area (Å²) >= 11 is 0. The molecule has 5 heteroatoms. The zero-order valence-corrected chi connectivity index (χ0v) is 6.49. The van der Waals surface area contributed by atoms with Crippen molar-refractivity contribution in [2.45, 2.75) is 0 Å². The molecule has 0 saturated heterocycles. The Morgan fingerprint density at radius 1 is 1.50 bits per heavy atom. The smallest absolute Gasteiger partial charge is 0.314 e. The topological polar surface area (TPSA) is 66.8 Å². The molecule has 0 aliphatic carbocycles. The summed E-state index contributed by atoms with van der Waals surface area (Å²) in [6, 6.07) is 0. The van der Waals surface area contributed by atoms with Gasteiger partial charge in [0.05, 0.1) is 6.26 Å². The molecule has 0 amide bonds. The lowest BCUT2D eigenvalue weighted by Crippen LogP contribution is -1.75. The highest BCUT2D eigenvalue weighted by Crippen LogP contribution is 1.98. The van der Waals surface area contributed by atoms with E-state index in [0.29, 0.717) is 6.61 Å². The summed E-state index contributed by atoms with van der Waals surface area (Å²) in [5.74, 6) is 0. The van der Waals surface area contributed by atoms with Gasteiger partial charge in [-0.1, -0.05) is 19.2 Å². The van der Waals surface area contributed by atoms with Gasteiger partial charge in [0.2, 0.25) is 0 Å². The zero-order chi connectivity index (χ0) is 8.41. The van der Waals surface area contributed by atoms with Crippen LogP contribution in [-0.2, 0) is 9.30 Å². The molecule has 0 radical (unpaired) electrons. The lowest BCUT2D eigenvalue weighted by atomic mass is 10.7. The van der Waals surface area contributed by atoms with E-state index in [1.54, 1.807) is 6.08 Å². The van der Waals surface area contributed by atoms with Crippen LogP contribution in [0.15, 0.2) is 25.5 Å². The molecule has 0 aromatic carbocycles. The van der Waals surface area contributed by atoms with Crippen LogP contribution in [0.3, 0.4) is 0 Å². The van der Waals surface area contributed by atoms with Crippen LogP contribution >= 0.6 is 8.25 Å². The minimum absolute atomic E-state index is 0.559. The molecule has 0 spiro atoms. The van der Waals surface area contributed by atoms with Crippen molar-refractivity contribution >= 4 is 8.25 Å². The molecule has 0 aromatic rings. The van der Waals surface area contributed by atoms with Gasteiger partial charge < -0.3 is 14.5 Å². The first-order valence-electron chi connectivity index (χ1n) is 2.40. The summed E-state index contributed by atoms with van der Waals surface area (Å²) in [6.07, 6.45) is 3.06. The highest BCUT2D eigenvalue weighted by atomic mass is 31.1. The normalized spacial score (nSPS) is 7.50. The van der Waals surface area contributed by atoms with E-state index in [-0.39, 0.29) is 0 Å². The van der Waals surface area contributed by atoms with Crippen molar-refractivity contribution in [2.24, 2.45) is 0 Å². The highest BCUT2D eigenvalue weighted by molar-refractivity contribution is 7.30. The lowest BCUT2D eigenvalue weighted by Gasteiger charge is -1.86. The summed E-state index contributed by atoms with van der Waals surface area (Å²) in [4.78, 5) is 14.3. The standard InChI is InChI=1S/C5H8O.H3O3P/c1-3-5-6-4-2;1-4(2)3/h3-4H,1-2,5H2;4H,(H2,1,2,3). The van der Waals surface area contributed by atoms with Crippen LogP contribution in [-0.4, -0.2) is 16.4 Å². The predicted molar refractivity (Wildman–Crippen MR) is 39.8 cm³/mol. The fourth-order valence-electron chi connectivity index (χ4n) is 0.136. The molecule has 0 aromatic heterocycles. The SMILES string of the molecule is C=CCOC=C.O=[PH](O)O. The van der Waals surface area contributed by atoms with Crippen LogP contribution in [0.5, 0.6) is 0 Å². The van der Waals surface area contributed by atoms with Crippen LogP contribution in [0.1, 0.15) is 0 Å². The first-order valence-corrected chi connectivity index (χ1v) is 3.70. The Morgan fingerprint density at radius 3 is 2.00 bits per heavy atom. The van der Waals surface area contributed by atoms with E-state index in [1.807, 2.05) is 0 Å². The van der Waals surface area contributed by atoms with Gasteiger partial charge in [0.15, 0.2) is 0 Å².